The van der Waals surface area contributed by atoms with Crippen molar-refractivity contribution in [3.63, 3.8) is 0 Å². The Morgan fingerprint density at radius 2 is 1.96 bits per heavy atom. The summed E-state index contributed by atoms with van der Waals surface area (Å²) in [7, 11) is 2.00. The number of carbonyl (C=O) groups is 1. The largest absolute Gasteiger partial charge is 0.341 e. The first-order valence-electron chi connectivity index (χ1n) is 8.39. The van der Waals surface area contributed by atoms with E-state index in [1.807, 2.05) is 24.1 Å². The van der Waals surface area contributed by atoms with Crippen LogP contribution < -0.4 is 0 Å². The second-order valence-corrected chi connectivity index (χ2v) is 8.35. The van der Waals surface area contributed by atoms with Crippen LogP contribution in [0.2, 0.25) is 4.34 Å². The van der Waals surface area contributed by atoms with Crippen molar-refractivity contribution in [1.29, 1.82) is 0 Å². The van der Waals surface area contributed by atoms with Gasteiger partial charge in [0.15, 0.2) is 0 Å². The maximum Gasteiger partial charge on any atom is 0.227 e. The van der Waals surface area contributed by atoms with Crippen molar-refractivity contribution in [1.82, 2.24) is 9.80 Å². The maximum atomic E-state index is 12.7. The summed E-state index contributed by atoms with van der Waals surface area (Å²) in [5.41, 5.74) is 0. The zero-order chi connectivity index (χ0) is 15.5. The molecule has 0 radical (unpaired) electrons. The molecule has 1 saturated heterocycles. The standard InChI is InChI=1S/C17H25ClN2OS.ClH/c1-19(17(21)12-13-8-9-16(18)22-13)14-6-2-3-7-15(14)20-10-4-5-11-20;/h8-9,14-15H,2-7,10-12H2,1H3;1H/t14-,15-;/m1./s1. The molecule has 130 valence electrons. The molecule has 0 spiro atoms. The Balaban J connectivity index is 0.00000192. The van der Waals surface area contributed by atoms with Crippen LogP contribution in [-0.4, -0.2) is 47.9 Å². The van der Waals surface area contributed by atoms with E-state index in [0.29, 0.717) is 18.5 Å². The Bertz CT molecular complexity index is 516. The predicted molar refractivity (Wildman–Crippen MR) is 99.9 cm³/mol. The average molecular weight is 377 g/mol. The molecule has 2 heterocycles. The Morgan fingerprint density at radius 1 is 1.26 bits per heavy atom. The minimum atomic E-state index is 0. The second kappa shape index (κ2) is 8.70. The number of rotatable bonds is 4. The van der Waals surface area contributed by atoms with Crippen LogP contribution in [0, 0.1) is 0 Å². The molecule has 3 rings (SSSR count). The highest BCUT2D eigenvalue weighted by Crippen LogP contribution is 2.30. The van der Waals surface area contributed by atoms with Crippen LogP contribution in [0.1, 0.15) is 43.4 Å². The summed E-state index contributed by atoms with van der Waals surface area (Å²) >= 11 is 7.48. The Hall–Kier alpha value is -0.290. The number of nitrogens with zero attached hydrogens (tertiary/aromatic N) is 2. The zero-order valence-electron chi connectivity index (χ0n) is 13.7. The summed E-state index contributed by atoms with van der Waals surface area (Å²) in [5, 5.41) is 0. The lowest BCUT2D eigenvalue weighted by atomic mass is 9.88. The van der Waals surface area contributed by atoms with E-state index in [0.717, 1.165) is 15.6 Å². The Kier molecular flexibility index (Phi) is 7.20. The van der Waals surface area contributed by atoms with Gasteiger partial charge in [0.2, 0.25) is 5.91 Å². The third kappa shape index (κ3) is 4.62. The number of thiophene rings is 1. The predicted octanol–water partition coefficient (Wildman–Crippen LogP) is 4.23. The van der Waals surface area contributed by atoms with Crippen molar-refractivity contribution in [2.24, 2.45) is 0 Å². The van der Waals surface area contributed by atoms with Gasteiger partial charge in [-0.2, -0.15) is 0 Å². The van der Waals surface area contributed by atoms with Gasteiger partial charge in [0.1, 0.15) is 0 Å². The lowest BCUT2D eigenvalue weighted by molar-refractivity contribution is -0.133. The minimum absolute atomic E-state index is 0. The van der Waals surface area contributed by atoms with Crippen LogP contribution >= 0.6 is 35.3 Å². The highest BCUT2D eigenvalue weighted by Gasteiger charge is 2.35. The number of hydrogen-bond acceptors (Lipinski definition) is 3. The molecule has 1 aliphatic heterocycles. The molecule has 3 nitrogen and oxygen atoms in total. The van der Waals surface area contributed by atoms with E-state index in [4.69, 9.17) is 11.6 Å². The summed E-state index contributed by atoms with van der Waals surface area (Å²) in [5.74, 6) is 0.231. The molecule has 1 aliphatic carbocycles. The van der Waals surface area contributed by atoms with Crippen LogP contribution in [0.4, 0.5) is 0 Å². The highest BCUT2D eigenvalue weighted by atomic mass is 35.5. The lowest BCUT2D eigenvalue weighted by Crippen LogP contribution is -2.53. The molecule has 2 atom stereocenters. The fraction of sp³-hybridized carbons (Fsp3) is 0.706. The van der Waals surface area contributed by atoms with Gasteiger partial charge in [-0.1, -0.05) is 24.4 Å². The van der Waals surface area contributed by atoms with Crippen molar-refractivity contribution in [3.8, 4) is 0 Å². The summed E-state index contributed by atoms with van der Waals surface area (Å²) in [6.45, 7) is 2.42. The topological polar surface area (TPSA) is 23.6 Å². The Morgan fingerprint density at radius 3 is 2.61 bits per heavy atom. The number of amides is 1. The minimum Gasteiger partial charge on any atom is -0.341 e. The number of carbonyl (C=O) groups excluding carboxylic acids is 1. The quantitative estimate of drug-likeness (QED) is 0.784. The van der Waals surface area contributed by atoms with Gasteiger partial charge < -0.3 is 4.90 Å². The van der Waals surface area contributed by atoms with Crippen molar-refractivity contribution in [3.05, 3.63) is 21.3 Å². The fourth-order valence-corrected chi connectivity index (χ4v) is 5.03. The molecule has 2 aliphatic rings. The summed E-state index contributed by atoms with van der Waals surface area (Å²) in [4.78, 5) is 18.4. The van der Waals surface area contributed by atoms with Gasteiger partial charge in [-0.05, 0) is 50.9 Å². The molecule has 6 heteroatoms. The van der Waals surface area contributed by atoms with E-state index in [2.05, 4.69) is 4.90 Å². The molecule has 1 amide bonds. The SMILES string of the molecule is CN(C(=O)Cc1ccc(Cl)s1)[C@@H]1CCCC[C@H]1N1CCCC1.Cl. The van der Waals surface area contributed by atoms with E-state index < -0.39 is 0 Å². The van der Waals surface area contributed by atoms with Crippen molar-refractivity contribution < 1.29 is 4.79 Å². The lowest BCUT2D eigenvalue weighted by Gasteiger charge is -2.42. The van der Waals surface area contributed by atoms with E-state index in [9.17, 15) is 4.79 Å². The summed E-state index contributed by atoms with van der Waals surface area (Å²) < 4.78 is 0.762. The normalized spacial score (nSPS) is 25.1. The molecule has 1 aromatic rings. The van der Waals surface area contributed by atoms with E-state index in [1.165, 1.54) is 56.5 Å². The number of hydrogen-bond donors (Lipinski definition) is 0. The number of halogens is 2. The van der Waals surface area contributed by atoms with Gasteiger partial charge in [-0.3, -0.25) is 9.69 Å². The Labute approximate surface area is 154 Å². The first-order chi connectivity index (χ1) is 10.6. The molecule has 0 N–H and O–H groups in total. The monoisotopic (exact) mass is 376 g/mol. The molecule has 1 aromatic heterocycles. The van der Waals surface area contributed by atoms with Crippen molar-refractivity contribution in [2.75, 3.05) is 20.1 Å². The maximum absolute atomic E-state index is 12.7. The number of likely N-dealkylation sites (N-methyl/N-ethyl adjacent to an activating group) is 1. The zero-order valence-corrected chi connectivity index (χ0v) is 16.1. The molecule has 0 aromatic carbocycles. The van der Waals surface area contributed by atoms with Crippen LogP contribution in [0.25, 0.3) is 0 Å². The van der Waals surface area contributed by atoms with Crippen molar-refractivity contribution >= 4 is 41.3 Å². The summed E-state index contributed by atoms with van der Waals surface area (Å²) in [6, 6.07) is 4.80. The van der Waals surface area contributed by atoms with E-state index >= 15 is 0 Å². The first-order valence-corrected chi connectivity index (χ1v) is 9.58. The third-order valence-corrected chi connectivity index (χ3v) is 6.38. The second-order valence-electron chi connectivity index (χ2n) is 6.55. The molecule has 1 saturated carbocycles. The van der Waals surface area contributed by atoms with Gasteiger partial charge in [0, 0.05) is 24.0 Å². The van der Waals surface area contributed by atoms with Gasteiger partial charge in [-0.15, -0.1) is 23.7 Å². The van der Waals surface area contributed by atoms with Crippen LogP contribution in [0.5, 0.6) is 0 Å². The summed E-state index contributed by atoms with van der Waals surface area (Å²) in [6.07, 6.45) is 8.06. The van der Waals surface area contributed by atoms with Crippen molar-refractivity contribution in [2.45, 2.75) is 57.0 Å². The van der Waals surface area contributed by atoms with Gasteiger partial charge in [0.25, 0.3) is 0 Å². The number of likely N-dealkylation sites (tertiary alicyclic amines) is 1. The highest BCUT2D eigenvalue weighted by molar-refractivity contribution is 7.16. The fourth-order valence-electron chi connectivity index (χ4n) is 3.95. The van der Waals surface area contributed by atoms with Gasteiger partial charge in [0.05, 0.1) is 10.8 Å². The van der Waals surface area contributed by atoms with Gasteiger partial charge in [-0.25, -0.2) is 0 Å². The molecule has 0 bridgehead atoms. The molecule has 23 heavy (non-hydrogen) atoms. The third-order valence-electron chi connectivity index (χ3n) is 5.15. The van der Waals surface area contributed by atoms with Crippen LogP contribution in [0.15, 0.2) is 12.1 Å². The molecular weight excluding hydrogens is 351 g/mol. The van der Waals surface area contributed by atoms with E-state index in [-0.39, 0.29) is 18.3 Å². The molecular formula is C17H26Cl2N2OS. The smallest absolute Gasteiger partial charge is 0.227 e. The van der Waals surface area contributed by atoms with Crippen LogP contribution in [0.3, 0.4) is 0 Å². The van der Waals surface area contributed by atoms with Gasteiger partial charge >= 0.3 is 0 Å². The molecule has 0 unspecified atom stereocenters. The van der Waals surface area contributed by atoms with Crippen LogP contribution in [-0.2, 0) is 11.2 Å². The average Bonchev–Trinajstić information content (AvgIpc) is 3.18. The molecule has 2 fully saturated rings. The van der Waals surface area contributed by atoms with E-state index in [1.54, 1.807) is 0 Å². The first kappa shape index (κ1) is 19.0.